The zero-order valence-corrected chi connectivity index (χ0v) is 12.3. The van der Waals surface area contributed by atoms with E-state index in [1.54, 1.807) is 17.5 Å². The van der Waals surface area contributed by atoms with Gasteiger partial charge in [-0.05, 0) is 11.4 Å². The Morgan fingerprint density at radius 1 is 1.55 bits per heavy atom. The van der Waals surface area contributed by atoms with E-state index in [0.717, 1.165) is 0 Å². The number of alkyl halides is 3. The summed E-state index contributed by atoms with van der Waals surface area (Å²) in [6.07, 6.45) is -4.88. The third-order valence-electron chi connectivity index (χ3n) is 3.38. The molecule has 10 heteroatoms. The van der Waals surface area contributed by atoms with Crippen LogP contribution in [-0.2, 0) is 0 Å². The molecule has 0 saturated heterocycles. The molecule has 0 bridgehead atoms. The van der Waals surface area contributed by atoms with Gasteiger partial charge in [0.2, 0.25) is 0 Å². The summed E-state index contributed by atoms with van der Waals surface area (Å²) in [5, 5.41) is 18.6. The van der Waals surface area contributed by atoms with Crippen molar-refractivity contribution in [3.05, 3.63) is 33.1 Å². The molecule has 1 aliphatic rings. The Hall–Kier alpha value is -1.74. The van der Waals surface area contributed by atoms with Crippen LogP contribution < -0.4 is 10.4 Å². The molecule has 3 heterocycles. The van der Waals surface area contributed by atoms with Gasteiger partial charge in [-0.3, -0.25) is 0 Å². The van der Waals surface area contributed by atoms with Crippen LogP contribution in [0.3, 0.4) is 0 Å². The van der Waals surface area contributed by atoms with E-state index in [1.807, 2.05) is 0 Å². The fourth-order valence-electron chi connectivity index (χ4n) is 2.40. The number of nitrogens with one attached hydrogen (secondary N) is 1. The van der Waals surface area contributed by atoms with Gasteiger partial charge in [-0.2, -0.15) is 18.3 Å². The largest absolute Gasteiger partial charge is 0.543 e. The van der Waals surface area contributed by atoms with Gasteiger partial charge in [0.05, 0.1) is 12.0 Å². The minimum atomic E-state index is -4.58. The quantitative estimate of drug-likeness (QED) is 0.904. The molecular formula is C12H8ClF3N3O2S-. The van der Waals surface area contributed by atoms with E-state index < -0.39 is 29.9 Å². The van der Waals surface area contributed by atoms with Gasteiger partial charge < -0.3 is 15.2 Å². The van der Waals surface area contributed by atoms with Crippen molar-refractivity contribution in [3.8, 4) is 0 Å². The van der Waals surface area contributed by atoms with E-state index in [-0.39, 0.29) is 17.3 Å². The first-order chi connectivity index (χ1) is 10.3. The summed E-state index contributed by atoms with van der Waals surface area (Å²) in [4.78, 5) is 11.6. The molecule has 3 rings (SSSR count). The van der Waals surface area contributed by atoms with E-state index in [2.05, 4.69) is 10.4 Å². The molecule has 0 spiro atoms. The van der Waals surface area contributed by atoms with Gasteiger partial charge in [0, 0.05) is 11.3 Å². The summed E-state index contributed by atoms with van der Waals surface area (Å²) >= 11 is 7.15. The van der Waals surface area contributed by atoms with Crippen molar-refractivity contribution in [1.82, 2.24) is 9.78 Å². The number of carboxylic acids is 1. The number of rotatable bonds is 2. The number of fused-ring (bicyclic) bond motifs is 1. The van der Waals surface area contributed by atoms with E-state index in [4.69, 9.17) is 11.6 Å². The molecule has 2 aromatic rings. The summed E-state index contributed by atoms with van der Waals surface area (Å²) in [5.74, 6) is -1.88. The number of hydrogen-bond acceptors (Lipinski definition) is 5. The molecule has 2 aromatic heterocycles. The van der Waals surface area contributed by atoms with Crippen molar-refractivity contribution in [2.24, 2.45) is 0 Å². The van der Waals surface area contributed by atoms with E-state index in [9.17, 15) is 23.1 Å². The summed E-state index contributed by atoms with van der Waals surface area (Å²) in [6, 6.07) is 0.851. The molecule has 1 N–H and O–H groups in total. The summed E-state index contributed by atoms with van der Waals surface area (Å²) < 4.78 is 40.4. The highest BCUT2D eigenvalue weighted by Gasteiger charge is 2.47. The number of carboxylic acid groups (broad SMARTS) is 1. The second kappa shape index (κ2) is 5.17. The number of halogens is 4. The van der Waals surface area contributed by atoms with Crippen LogP contribution >= 0.6 is 22.9 Å². The molecule has 0 aromatic carbocycles. The maximum Gasteiger partial charge on any atom is 0.410 e. The van der Waals surface area contributed by atoms with Crippen molar-refractivity contribution in [2.45, 2.75) is 24.7 Å². The normalized spacial score (nSPS) is 21.3. The highest BCUT2D eigenvalue weighted by Crippen LogP contribution is 2.46. The zero-order valence-electron chi connectivity index (χ0n) is 10.7. The molecule has 0 aliphatic carbocycles. The Balaban J connectivity index is 2.10. The fourth-order valence-corrected chi connectivity index (χ4v) is 3.44. The molecule has 118 valence electrons. The van der Waals surface area contributed by atoms with E-state index in [0.29, 0.717) is 9.56 Å². The minimum Gasteiger partial charge on any atom is -0.543 e. The molecule has 0 saturated carbocycles. The number of carbonyl (C=O) groups is 1. The summed E-state index contributed by atoms with van der Waals surface area (Å²) in [6.45, 7) is 0. The molecule has 0 unspecified atom stereocenters. The van der Waals surface area contributed by atoms with Gasteiger partial charge in [0.15, 0.2) is 6.04 Å². The van der Waals surface area contributed by atoms with E-state index in [1.165, 1.54) is 11.3 Å². The lowest BCUT2D eigenvalue weighted by Crippen LogP contribution is -2.35. The van der Waals surface area contributed by atoms with Crippen molar-refractivity contribution >= 4 is 34.7 Å². The lowest BCUT2D eigenvalue weighted by Gasteiger charge is -2.33. The summed E-state index contributed by atoms with van der Waals surface area (Å²) in [5.41, 5.74) is -0.703. The minimum absolute atomic E-state index is 0.159. The first-order valence-corrected chi connectivity index (χ1v) is 7.40. The Kier molecular flexibility index (Phi) is 3.56. The summed E-state index contributed by atoms with van der Waals surface area (Å²) in [7, 11) is 0. The number of aromatic nitrogens is 2. The maximum atomic E-state index is 13.3. The van der Waals surface area contributed by atoms with Gasteiger partial charge >= 0.3 is 6.18 Å². The number of hydrogen-bond donors (Lipinski definition) is 1. The maximum absolute atomic E-state index is 13.3. The van der Waals surface area contributed by atoms with Crippen molar-refractivity contribution < 1.29 is 23.1 Å². The third-order valence-corrected chi connectivity index (χ3v) is 4.72. The molecule has 1 aliphatic heterocycles. The Labute approximate surface area is 131 Å². The predicted molar refractivity (Wildman–Crippen MR) is 72.0 cm³/mol. The first-order valence-electron chi connectivity index (χ1n) is 6.15. The van der Waals surface area contributed by atoms with Crippen LogP contribution in [0.4, 0.5) is 19.0 Å². The van der Waals surface area contributed by atoms with Crippen molar-refractivity contribution in [3.63, 3.8) is 0 Å². The van der Waals surface area contributed by atoms with E-state index >= 15 is 0 Å². The van der Waals surface area contributed by atoms with Crippen LogP contribution in [0.5, 0.6) is 0 Å². The molecule has 0 amide bonds. The Bertz CT molecular complexity index is 714. The number of anilines is 1. The number of thiophene rings is 1. The van der Waals surface area contributed by atoms with Gasteiger partial charge in [0.25, 0.3) is 0 Å². The van der Waals surface area contributed by atoms with Crippen LogP contribution in [-0.4, -0.2) is 21.9 Å². The predicted octanol–water partition coefficient (Wildman–Crippen LogP) is 2.62. The fraction of sp³-hybridized carbons (Fsp3) is 0.333. The van der Waals surface area contributed by atoms with Crippen LogP contribution in [0.1, 0.15) is 33.9 Å². The van der Waals surface area contributed by atoms with Crippen LogP contribution in [0.15, 0.2) is 17.5 Å². The smallest absolute Gasteiger partial charge is 0.410 e. The number of nitrogens with zero attached hydrogens (tertiary/aromatic N) is 2. The number of aromatic carboxylic acids is 1. The average molecular weight is 351 g/mol. The Morgan fingerprint density at radius 2 is 2.27 bits per heavy atom. The van der Waals surface area contributed by atoms with Gasteiger partial charge in [0.1, 0.15) is 16.5 Å². The standard InChI is InChI=1S/C12H9ClF3N3O2S/c13-8-9(11(20)21)18-19-7(12(14,15)16)4-5(17-10(8)19)6-2-1-3-22-6/h1-3,5,7,17H,4H2,(H,20,21)/p-1/t5-,7-/m0/s1. The monoisotopic (exact) mass is 350 g/mol. The highest BCUT2D eigenvalue weighted by atomic mass is 35.5. The molecule has 0 radical (unpaired) electrons. The highest BCUT2D eigenvalue weighted by molar-refractivity contribution is 7.10. The number of carbonyl (C=O) groups excluding carboxylic acids is 1. The van der Waals surface area contributed by atoms with Gasteiger partial charge in [-0.1, -0.05) is 17.7 Å². The topological polar surface area (TPSA) is 70.0 Å². The lowest BCUT2D eigenvalue weighted by molar-refractivity contribution is -0.255. The van der Waals surface area contributed by atoms with Crippen molar-refractivity contribution in [2.75, 3.05) is 5.32 Å². The first kappa shape index (κ1) is 15.2. The molecule has 2 atom stereocenters. The van der Waals surface area contributed by atoms with Crippen molar-refractivity contribution in [1.29, 1.82) is 0 Å². The SMILES string of the molecule is O=C([O-])c1nn2c(c1Cl)N[C@H](c1cccs1)C[C@H]2C(F)(F)F. The van der Waals surface area contributed by atoms with Crippen LogP contribution in [0.2, 0.25) is 5.02 Å². The molecule has 5 nitrogen and oxygen atoms in total. The van der Waals surface area contributed by atoms with Crippen LogP contribution in [0.25, 0.3) is 0 Å². The van der Waals surface area contributed by atoms with Crippen LogP contribution in [0, 0.1) is 0 Å². The zero-order chi connectivity index (χ0) is 16.1. The second-order valence-electron chi connectivity index (χ2n) is 4.75. The molecule has 0 fully saturated rings. The van der Waals surface area contributed by atoms with Gasteiger partial charge in [-0.15, -0.1) is 11.3 Å². The third kappa shape index (κ3) is 2.44. The molecular weight excluding hydrogens is 343 g/mol. The lowest BCUT2D eigenvalue weighted by atomic mass is 10.0. The second-order valence-corrected chi connectivity index (χ2v) is 6.11. The average Bonchev–Trinajstić information content (AvgIpc) is 3.05. The van der Waals surface area contributed by atoms with Gasteiger partial charge in [-0.25, -0.2) is 4.68 Å². The molecule has 22 heavy (non-hydrogen) atoms. The Morgan fingerprint density at radius 3 is 2.82 bits per heavy atom.